The fourth-order valence-electron chi connectivity index (χ4n) is 1.99. The Bertz CT molecular complexity index is 516. The Kier molecular flexibility index (Phi) is 3.21. The van der Waals surface area contributed by atoms with Crippen LogP contribution >= 0.6 is 0 Å². The van der Waals surface area contributed by atoms with E-state index in [1.807, 2.05) is 6.07 Å². The van der Waals surface area contributed by atoms with E-state index < -0.39 is 6.10 Å². The van der Waals surface area contributed by atoms with Crippen molar-refractivity contribution >= 4 is 11.6 Å². The molecule has 1 saturated heterocycles. The number of rotatable bonds is 1. The van der Waals surface area contributed by atoms with Crippen molar-refractivity contribution < 1.29 is 9.53 Å². The predicted molar refractivity (Wildman–Crippen MR) is 63.6 cm³/mol. The topological polar surface area (TPSA) is 97.2 Å². The van der Waals surface area contributed by atoms with Gasteiger partial charge in [0.1, 0.15) is 5.69 Å². The predicted octanol–water partition coefficient (Wildman–Crippen LogP) is -0.325. The second-order valence-corrected chi connectivity index (χ2v) is 4.21. The molecule has 1 aliphatic rings. The molecular weight excluding hydrogens is 234 g/mol. The molecule has 1 aromatic rings. The summed E-state index contributed by atoms with van der Waals surface area (Å²) in [6, 6.07) is 2.00. The van der Waals surface area contributed by atoms with E-state index in [9.17, 15) is 4.79 Å². The molecule has 18 heavy (non-hydrogen) atoms. The quantitative estimate of drug-likeness (QED) is 0.735. The molecule has 0 saturated carbocycles. The molecule has 1 aliphatic heterocycles. The van der Waals surface area contributed by atoms with Crippen molar-refractivity contribution in [2.45, 2.75) is 13.0 Å². The molecule has 0 aromatic carbocycles. The highest BCUT2D eigenvalue weighted by Crippen LogP contribution is 2.18. The number of morpholine rings is 1. The summed E-state index contributed by atoms with van der Waals surface area (Å²) in [5.74, 6) is -0.209. The Balaban J connectivity index is 2.24. The minimum Gasteiger partial charge on any atom is -0.395 e. The van der Waals surface area contributed by atoms with Crippen molar-refractivity contribution in [2.24, 2.45) is 7.05 Å². The third-order valence-electron chi connectivity index (χ3n) is 2.97. The van der Waals surface area contributed by atoms with Crippen LogP contribution in [0.15, 0.2) is 0 Å². The summed E-state index contributed by atoms with van der Waals surface area (Å²) in [5.41, 5.74) is 7.24. The van der Waals surface area contributed by atoms with Crippen molar-refractivity contribution in [3.63, 3.8) is 0 Å². The van der Waals surface area contributed by atoms with E-state index in [1.165, 1.54) is 4.68 Å². The number of nitrogens with two attached hydrogens (primary N) is 1. The van der Waals surface area contributed by atoms with Gasteiger partial charge in [0.25, 0.3) is 5.91 Å². The molecule has 1 unspecified atom stereocenters. The van der Waals surface area contributed by atoms with Gasteiger partial charge in [-0.1, -0.05) is 0 Å². The second-order valence-electron chi connectivity index (χ2n) is 4.21. The van der Waals surface area contributed by atoms with Crippen LogP contribution in [0.5, 0.6) is 0 Å². The van der Waals surface area contributed by atoms with Crippen LogP contribution in [0.3, 0.4) is 0 Å². The minimum absolute atomic E-state index is 0.209. The molecule has 2 heterocycles. The van der Waals surface area contributed by atoms with Crippen molar-refractivity contribution in [2.75, 3.05) is 25.4 Å². The van der Waals surface area contributed by atoms with Crippen LogP contribution in [0.2, 0.25) is 0 Å². The zero-order valence-electron chi connectivity index (χ0n) is 10.4. The Morgan fingerprint density at radius 2 is 2.39 bits per heavy atom. The lowest BCUT2D eigenvalue weighted by Gasteiger charge is -2.29. The molecular formula is C11H15N5O2. The van der Waals surface area contributed by atoms with Crippen LogP contribution in [0.4, 0.5) is 5.69 Å². The third-order valence-corrected chi connectivity index (χ3v) is 2.97. The maximum atomic E-state index is 12.3. The average molecular weight is 249 g/mol. The molecule has 0 bridgehead atoms. The van der Waals surface area contributed by atoms with Gasteiger partial charge in [-0.25, -0.2) is 0 Å². The van der Waals surface area contributed by atoms with Gasteiger partial charge in [-0.3, -0.25) is 9.48 Å². The van der Waals surface area contributed by atoms with Crippen molar-refractivity contribution in [1.82, 2.24) is 14.7 Å². The van der Waals surface area contributed by atoms with Crippen LogP contribution in [-0.2, 0) is 11.8 Å². The zero-order valence-corrected chi connectivity index (χ0v) is 10.4. The van der Waals surface area contributed by atoms with Crippen LogP contribution in [0, 0.1) is 18.3 Å². The van der Waals surface area contributed by atoms with E-state index in [1.54, 1.807) is 18.9 Å². The van der Waals surface area contributed by atoms with E-state index in [2.05, 4.69) is 5.10 Å². The average Bonchev–Trinajstić information content (AvgIpc) is 2.62. The molecule has 7 heteroatoms. The summed E-state index contributed by atoms with van der Waals surface area (Å²) in [7, 11) is 1.68. The van der Waals surface area contributed by atoms with E-state index in [4.69, 9.17) is 15.7 Å². The monoisotopic (exact) mass is 249 g/mol. The van der Waals surface area contributed by atoms with Crippen molar-refractivity contribution in [3.05, 3.63) is 11.4 Å². The van der Waals surface area contributed by atoms with Crippen LogP contribution < -0.4 is 5.73 Å². The normalized spacial score (nSPS) is 19.6. The number of hydrogen-bond acceptors (Lipinski definition) is 5. The lowest BCUT2D eigenvalue weighted by atomic mass is 10.2. The number of hydrogen-bond donors (Lipinski definition) is 1. The fourth-order valence-corrected chi connectivity index (χ4v) is 1.99. The lowest BCUT2D eigenvalue weighted by molar-refractivity contribution is 0.00302. The Morgan fingerprint density at radius 1 is 1.67 bits per heavy atom. The van der Waals surface area contributed by atoms with Crippen molar-refractivity contribution in [3.8, 4) is 6.07 Å². The highest BCUT2D eigenvalue weighted by molar-refractivity contribution is 5.98. The van der Waals surface area contributed by atoms with E-state index in [0.717, 1.165) is 0 Å². The number of anilines is 1. The number of aromatic nitrogens is 2. The number of nitrogens with zero attached hydrogens (tertiary/aromatic N) is 4. The maximum Gasteiger partial charge on any atom is 0.274 e. The summed E-state index contributed by atoms with van der Waals surface area (Å²) >= 11 is 0. The Labute approximate surface area is 105 Å². The largest absolute Gasteiger partial charge is 0.395 e. The second kappa shape index (κ2) is 4.66. The Morgan fingerprint density at radius 3 is 2.94 bits per heavy atom. The highest BCUT2D eigenvalue weighted by Gasteiger charge is 2.28. The molecule has 1 amide bonds. The summed E-state index contributed by atoms with van der Waals surface area (Å²) in [4.78, 5) is 13.9. The van der Waals surface area contributed by atoms with Gasteiger partial charge in [0.05, 0.1) is 30.6 Å². The number of ether oxygens (including phenoxy) is 1. The highest BCUT2D eigenvalue weighted by atomic mass is 16.5. The zero-order chi connectivity index (χ0) is 13.3. The molecule has 2 N–H and O–H groups in total. The summed E-state index contributed by atoms with van der Waals surface area (Å²) in [6.07, 6.45) is -0.571. The standard InChI is InChI=1S/C11H15N5O2/c1-7-9(13)10(15(2)14-7)11(17)16-3-4-18-8(5-12)6-16/h8H,3-4,6,13H2,1-2H3. The third kappa shape index (κ3) is 2.02. The van der Waals surface area contributed by atoms with Gasteiger partial charge in [-0.2, -0.15) is 10.4 Å². The smallest absolute Gasteiger partial charge is 0.274 e. The number of aryl methyl sites for hydroxylation is 2. The van der Waals surface area contributed by atoms with Gasteiger partial charge < -0.3 is 15.4 Å². The number of nitrogen functional groups attached to an aromatic ring is 1. The molecule has 1 fully saturated rings. The summed E-state index contributed by atoms with van der Waals surface area (Å²) in [5, 5.41) is 12.9. The van der Waals surface area contributed by atoms with Gasteiger partial charge in [-0.15, -0.1) is 0 Å². The van der Waals surface area contributed by atoms with Crippen LogP contribution in [0.1, 0.15) is 16.2 Å². The molecule has 1 atom stereocenters. The van der Waals surface area contributed by atoms with Crippen molar-refractivity contribution in [1.29, 1.82) is 5.26 Å². The molecule has 7 nitrogen and oxygen atoms in total. The molecule has 0 spiro atoms. The van der Waals surface area contributed by atoms with E-state index >= 15 is 0 Å². The van der Waals surface area contributed by atoms with Gasteiger partial charge >= 0.3 is 0 Å². The molecule has 0 radical (unpaired) electrons. The van der Waals surface area contributed by atoms with Gasteiger partial charge in [0, 0.05) is 13.6 Å². The fraction of sp³-hybridized carbons (Fsp3) is 0.545. The molecule has 2 rings (SSSR count). The first-order valence-electron chi connectivity index (χ1n) is 5.64. The molecule has 96 valence electrons. The maximum absolute atomic E-state index is 12.3. The van der Waals surface area contributed by atoms with Gasteiger partial charge in [0.2, 0.25) is 0 Å². The van der Waals surface area contributed by atoms with Crippen LogP contribution in [0.25, 0.3) is 0 Å². The number of carbonyl (C=O) groups is 1. The first-order valence-corrected chi connectivity index (χ1v) is 5.64. The number of nitriles is 1. The minimum atomic E-state index is -0.571. The molecule has 1 aromatic heterocycles. The first kappa shape index (κ1) is 12.4. The molecule has 0 aliphatic carbocycles. The summed E-state index contributed by atoms with van der Waals surface area (Å²) < 4.78 is 6.68. The first-order chi connectivity index (χ1) is 8.54. The number of amides is 1. The SMILES string of the molecule is Cc1nn(C)c(C(=O)N2CCOC(C#N)C2)c1N. The lowest BCUT2D eigenvalue weighted by Crippen LogP contribution is -2.45. The van der Waals surface area contributed by atoms with E-state index in [-0.39, 0.29) is 12.5 Å². The van der Waals surface area contributed by atoms with Gasteiger partial charge in [-0.05, 0) is 6.92 Å². The Hall–Kier alpha value is -2.07. The van der Waals surface area contributed by atoms with E-state index in [0.29, 0.717) is 30.2 Å². The van der Waals surface area contributed by atoms with Crippen LogP contribution in [-0.4, -0.2) is 46.4 Å². The summed E-state index contributed by atoms with van der Waals surface area (Å²) in [6.45, 7) is 2.84. The van der Waals surface area contributed by atoms with Gasteiger partial charge in [0.15, 0.2) is 6.10 Å². The number of carbonyl (C=O) groups excluding carboxylic acids is 1.